The zero-order valence-electron chi connectivity index (χ0n) is 19.6. The van der Waals surface area contributed by atoms with E-state index < -0.39 is 12.1 Å². The first-order valence-corrected chi connectivity index (χ1v) is 11.2. The van der Waals surface area contributed by atoms with Crippen molar-refractivity contribution in [1.29, 1.82) is 0 Å². The summed E-state index contributed by atoms with van der Waals surface area (Å²) in [5, 5.41) is 5.45. The molecule has 0 radical (unpaired) electrons. The molecule has 0 fully saturated rings. The number of benzene rings is 1. The normalized spacial score (nSPS) is 12.7. The van der Waals surface area contributed by atoms with Gasteiger partial charge < -0.3 is 21.1 Å². The Morgan fingerprint density at radius 1 is 1.03 bits per heavy atom. The summed E-state index contributed by atoms with van der Waals surface area (Å²) in [5.74, 6) is -0.535. The van der Waals surface area contributed by atoms with Gasteiger partial charge in [-0.3, -0.25) is 14.4 Å². The summed E-state index contributed by atoms with van der Waals surface area (Å²) >= 11 is 0. The van der Waals surface area contributed by atoms with Crippen LogP contribution in [0.3, 0.4) is 0 Å². The number of Topliss-reactive ketones (excluding diaryl/α,β-unsaturated/α-hetero) is 1. The van der Waals surface area contributed by atoms with E-state index in [1.807, 2.05) is 45.0 Å². The van der Waals surface area contributed by atoms with E-state index >= 15 is 0 Å². The van der Waals surface area contributed by atoms with Crippen LogP contribution in [-0.4, -0.2) is 36.3 Å². The van der Waals surface area contributed by atoms with Gasteiger partial charge in [0.15, 0.2) is 5.78 Å². The van der Waals surface area contributed by atoms with Gasteiger partial charge in [-0.1, -0.05) is 51.5 Å². The van der Waals surface area contributed by atoms with Gasteiger partial charge in [0.05, 0.1) is 6.04 Å². The number of nitrogens with two attached hydrogens (primary N) is 1. The van der Waals surface area contributed by atoms with Crippen molar-refractivity contribution in [2.24, 2.45) is 17.6 Å². The third kappa shape index (κ3) is 10.4. The molecule has 1 aromatic rings. The van der Waals surface area contributed by atoms with Crippen LogP contribution in [0.2, 0.25) is 0 Å². The fourth-order valence-electron chi connectivity index (χ4n) is 3.45. The van der Waals surface area contributed by atoms with Gasteiger partial charge >= 0.3 is 12.0 Å². The van der Waals surface area contributed by atoms with Crippen molar-refractivity contribution >= 4 is 23.7 Å². The minimum Gasteiger partial charge on any atom is -0.461 e. The van der Waals surface area contributed by atoms with Gasteiger partial charge in [-0.25, -0.2) is 4.79 Å². The van der Waals surface area contributed by atoms with Crippen molar-refractivity contribution in [3.63, 3.8) is 0 Å². The topological polar surface area (TPSA) is 128 Å². The highest BCUT2D eigenvalue weighted by Crippen LogP contribution is 2.18. The van der Waals surface area contributed by atoms with Gasteiger partial charge in [-0.2, -0.15) is 0 Å². The average molecular weight is 448 g/mol. The first-order valence-electron chi connectivity index (χ1n) is 11.2. The Labute approximate surface area is 190 Å². The molecule has 0 bridgehead atoms. The zero-order valence-corrected chi connectivity index (χ0v) is 19.6. The molecule has 0 saturated heterocycles. The second-order valence-corrected chi connectivity index (χ2v) is 8.37. The van der Waals surface area contributed by atoms with Crippen LogP contribution >= 0.6 is 0 Å². The lowest BCUT2D eigenvalue weighted by atomic mass is 9.89. The van der Waals surface area contributed by atoms with E-state index in [4.69, 9.17) is 10.5 Å². The molecule has 1 aromatic carbocycles. The van der Waals surface area contributed by atoms with Gasteiger partial charge in [0, 0.05) is 25.8 Å². The summed E-state index contributed by atoms with van der Waals surface area (Å²) in [7, 11) is 0. The van der Waals surface area contributed by atoms with E-state index in [1.54, 1.807) is 0 Å². The number of primary amides is 1. The minimum atomic E-state index is -0.643. The number of hydrogen-bond donors (Lipinski definition) is 3. The van der Waals surface area contributed by atoms with Crippen LogP contribution < -0.4 is 16.4 Å². The second kappa shape index (κ2) is 14.2. The third-order valence-electron chi connectivity index (χ3n) is 5.26. The largest absolute Gasteiger partial charge is 0.461 e. The standard InChI is InChI=1S/C24H37N3O5/c1-5-7-20(16(2)3)23(30)27-21(8-6-13-26-24(25)31)22(29)14-18-9-11-19(12-10-18)15-32-17(4)28/h9-12,16,20-21H,5-8,13-15H2,1-4H3,(H,27,30)(H3,25,26,31)/t20-,21-/m1/s1. The maximum absolute atomic E-state index is 13.0. The van der Waals surface area contributed by atoms with Crippen molar-refractivity contribution in [2.75, 3.05) is 6.54 Å². The Kier molecular flexibility index (Phi) is 12.1. The van der Waals surface area contributed by atoms with E-state index in [0.717, 1.165) is 24.0 Å². The van der Waals surface area contributed by atoms with Crippen molar-refractivity contribution in [2.45, 2.75) is 72.4 Å². The van der Waals surface area contributed by atoms with Gasteiger partial charge in [0.25, 0.3) is 0 Å². The quantitative estimate of drug-likeness (QED) is 0.298. The zero-order chi connectivity index (χ0) is 24.1. The van der Waals surface area contributed by atoms with Crippen molar-refractivity contribution < 1.29 is 23.9 Å². The number of urea groups is 1. The first kappa shape index (κ1) is 27.1. The molecule has 2 atom stereocenters. The highest BCUT2D eigenvalue weighted by atomic mass is 16.5. The molecule has 0 aliphatic heterocycles. The lowest BCUT2D eigenvalue weighted by molar-refractivity contribution is -0.142. The van der Waals surface area contributed by atoms with Crippen molar-refractivity contribution in [3.05, 3.63) is 35.4 Å². The van der Waals surface area contributed by atoms with Crippen molar-refractivity contribution in [1.82, 2.24) is 10.6 Å². The molecule has 8 nitrogen and oxygen atoms in total. The molecule has 0 saturated carbocycles. The van der Waals surface area contributed by atoms with Crippen LogP contribution in [-0.2, 0) is 32.1 Å². The van der Waals surface area contributed by atoms with Gasteiger partial charge in [-0.05, 0) is 36.3 Å². The summed E-state index contributed by atoms with van der Waals surface area (Å²) in [6, 6.07) is 6.00. The van der Waals surface area contributed by atoms with Crippen LogP contribution in [0.1, 0.15) is 64.5 Å². The molecule has 0 spiro atoms. The second-order valence-electron chi connectivity index (χ2n) is 8.37. The molecule has 8 heteroatoms. The van der Waals surface area contributed by atoms with E-state index in [2.05, 4.69) is 10.6 Å². The fraction of sp³-hybridized carbons (Fsp3) is 0.583. The smallest absolute Gasteiger partial charge is 0.312 e. The molecule has 0 aliphatic rings. The number of carbonyl (C=O) groups is 4. The fourth-order valence-corrected chi connectivity index (χ4v) is 3.45. The van der Waals surface area contributed by atoms with Gasteiger partial charge in [0.1, 0.15) is 6.61 Å². The molecule has 0 unspecified atom stereocenters. The molecule has 0 aromatic heterocycles. The van der Waals surface area contributed by atoms with Crippen LogP contribution in [0.15, 0.2) is 24.3 Å². The number of nitrogens with one attached hydrogen (secondary N) is 2. The van der Waals surface area contributed by atoms with Crippen LogP contribution in [0, 0.1) is 11.8 Å². The molecule has 178 valence electrons. The molecular formula is C24H37N3O5. The van der Waals surface area contributed by atoms with Crippen molar-refractivity contribution in [3.8, 4) is 0 Å². The van der Waals surface area contributed by atoms with Crippen LogP contribution in [0.5, 0.6) is 0 Å². The summed E-state index contributed by atoms with van der Waals surface area (Å²) in [6.45, 7) is 7.91. The maximum atomic E-state index is 13.0. The number of carbonyl (C=O) groups excluding carboxylic acids is 4. The maximum Gasteiger partial charge on any atom is 0.312 e. The molecular weight excluding hydrogens is 410 g/mol. The number of esters is 1. The lowest BCUT2D eigenvalue weighted by Gasteiger charge is -2.24. The SMILES string of the molecule is CCC[C@@H](C(=O)N[C@H](CCCNC(N)=O)C(=O)Cc1ccc(COC(C)=O)cc1)C(C)C. The number of ketones is 1. The van der Waals surface area contributed by atoms with E-state index in [0.29, 0.717) is 19.4 Å². The first-order chi connectivity index (χ1) is 15.1. The lowest BCUT2D eigenvalue weighted by Crippen LogP contribution is -2.45. The Balaban J connectivity index is 2.82. The highest BCUT2D eigenvalue weighted by molar-refractivity contribution is 5.91. The third-order valence-corrected chi connectivity index (χ3v) is 5.26. The average Bonchev–Trinajstić information content (AvgIpc) is 2.72. The molecule has 3 amide bonds. The Hall–Kier alpha value is -2.90. The van der Waals surface area contributed by atoms with Crippen LogP contribution in [0.4, 0.5) is 4.79 Å². The number of amides is 3. The number of hydrogen-bond acceptors (Lipinski definition) is 5. The monoisotopic (exact) mass is 447 g/mol. The molecule has 1 rings (SSSR count). The summed E-state index contributed by atoms with van der Waals surface area (Å²) < 4.78 is 4.97. The minimum absolute atomic E-state index is 0.0934. The molecule has 0 aliphatic carbocycles. The predicted molar refractivity (Wildman–Crippen MR) is 123 cm³/mol. The number of rotatable bonds is 14. The Morgan fingerprint density at radius 2 is 1.66 bits per heavy atom. The summed E-state index contributed by atoms with van der Waals surface area (Å²) in [5.41, 5.74) is 6.74. The van der Waals surface area contributed by atoms with Gasteiger partial charge in [-0.15, -0.1) is 0 Å². The van der Waals surface area contributed by atoms with E-state index in [-0.39, 0.29) is 42.5 Å². The highest BCUT2D eigenvalue weighted by Gasteiger charge is 2.26. The number of ether oxygens (including phenoxy) is 1. The molecule has 0 heterocycles. The predicted octanol–water partition coefficient (Wildman–Crippen LogP) is 2.87. The summed E-state index contributed by atoms with van der Waals surface area (Å²) in [4.78, 5) is 47.7. The molecule has 32 heavy (non-hydrogen) atoms. The van der Waals surface area contributed by atoms with E-state index in [9.17, 15) is 19.2 Å². The molecule has 4 N–H and O–H groups in total. The van der Waals surface area contributed by atoms with Gasteiger partial charge in [0.2, 0.25) is 5.91 Å². The van der Waals surface area contributed by atoms with E-state index in [1.165, 1.54) is 6.92 Å². The Morgan fingerprint density at radius 3 is 2.19 bits per heavy atom. The summed E-state index contributed by atoms with van der Waals surface area (Å²) in [6.07, 6.45) is 2.74. The van der Waals surface area contributed by atoms with Crippen LogP contribution in [0.25, 0.3) is 0 Å². The Bertz CT molecular complexity index is 761.